The standard InChI is InChI=1S/C18H25BrN2O2/c1-12-3-4-17(16(19)9-12)23-13(2)18(22)21-7-5-14-10-20-11-15(14)6-8-21/h3-4,9,13-15,20H,5-8,10-11H2,1-2H3/t13?,14-,15+. The van der Waals surface area contributed by atoms with Crippen LogP contribution in [0.1, 0.15) is 25.3 Å². The van der Waals surface area contributed by atoms with E-state index >= 15 is 0 Å². The second kappa shape index (κ2) is 7.22. The molecule has 23 heavy (non-hydrogen) atoms. The Hall–Kier alpha value is -1.07. The molecule has 4 nitrogen and oxygen atoms in total. The van der Waals surface area contributed by atoms with E-state index in [0.29, 0.717) is 0 Å². The Morgan fingerprint density at radius 3 is 2.57 bits per heavy atom. The molecule has 0 radical (unpaired) electrons. The summed E-state index contributed by atoms with van der Waals surface area (Å²) in [5.41, 5.74) is 1.16. The number of nitrogens with zero attached hydrogens (tertiary/aromatic N) is 1. The van der Waals surface area contributed by atoms with Crippen molar-refractivity contribution in [2.45, 2.75) is 32.8 Å². The third-order valence-electron chi connectivity index (χ3n) is 5.07. The minimum absolute atomic E-state index is 0.102. The van der Waals surface area contributed by atoms with E-state index in [-0.39, 0.29) is 5.91 Å². The van der Waals surface area contributed by atoms with Gasteiger partial charge < -0.3 is 15.0 Å². The van der Waals surface area contributed by atoms with Crippen molar-refractivity contribution in [1.29, 1.82) is 0 Å². The van der Waals surface area contributed by atoms with Gasteiger partial charge in [0.05, 0.1) is 4.47 Å². The van der Waals surface area contributed by atoms with Gasteiger partial charge in [-0.15, -0.1) is 0 Å². The average molecular weight is 381 g/mol. The van der Waals surface area contributed by atoms with Crippen molar-refractivity contribution >= 4 is 21.8 Å². The number of benzene rings is 1. The van der Waals surface area contributed by atoms with Crippen LogP contribution in [0.4, 0.5) is 0 Å². The molecule has 0 spiro atoms. The molecule has 2 aliphatic rings. The summed E-state index contributed by atoms with van der Waals surface area (Å²) >= 11 is 3.51. The number of halogens is 1. The normalized spacial score (nSPS) is 25.6. The molecule has 0 aliphatic carbocycles. The predicted molar refractivity (Wildman–Crippen MR) is 94.6 cm³/mol. The van der Waals surface area contributed by atoms with Gasteiger partial charge in [-0.25, -0.2) is 0 Å². The smallest absolute Gasteiger partial charge is 0.263 e. The van der Waals surface area contributed by atoms with Crippen LogP contribution < -0.4 is 10.1 Å². The average Bonchev–Trinajstić information content (AvgIpc) is 2.88. The minimum Gasteiger partial charge on any atom is -0.480 e. The topological polar surface area (TPSA) is 41.6 Å². The first-order valence-electron chi connectivity index (χ1n) is 8.47. The summed E-state index contributed by atoms with van der Waals surface area (Å²) in [6, 6.07) is 5.92. The van der Waals surface area contributed by atoms with Crippen molar-refractivity contribution in [1.82, 2.24) is 10.2 Å². The summed E-state index contributed by atoms with van der Waals surface area (Å²) in [7, 11) is 0. The molecule has 0 aromatic heterocycles. The van der Waals surface area contributed by atoms with Gasteiger partial charge in [0.1, 0.15) is 5.75 Å². The van der Waals surface area contributed by atoms with E-state index in [4.69, 9.17) is 4.74 Å². The Bertz CT molecular complexity index is 564. The van der Waals surface area contributed by atoms with Crippen molar-refractivity contribution in [2.75, 3.05) is 26.2 Å². The Balaban J connectivity index is 1.60. The molecule has 1 aromatic rings. The lowest BCUT2D eigenvalue weighted by molar-refractivity contribution is -0.138. The molecule has 1 amide bonds. The van der Waals surface area contributed by atoms with Gasteiger partial charge in [-0.05, 0) is 85.2 Å². The first-order valence-corrected chi connectivity index (χ1v) is 9.26. The highest BCUT2D eigenvalue weighted by Crippen LogP contribution is 2.29. The molecule has 0 saturated carbocycles. The number of amides is 1. The summed E-state index contributed by atoms with van der Waals surface area (Å²) in [6.45, 7) is 7.80. The highest BCUT2D eigenvalue weighted by molar-refractivity contribution is 9.10. The molecule has 1 N–H and O–H groups in total. The summed E-state index contributed by atoms with van der Waals surface area (Å²) in [6.07, 6.45) is 1.75. The zero-order chi connectivity index (χ0) is 16.4. The van der Waals surface area contributed by atoms with Gasteiger partial charge in [0.2, 0.25) is 0 Å². The number of fused-ring (bicyclic) bond motifs is 1. The highest BCUT2D eigenvalue weighted by atomic mass is 79.9. The lowest BCUT2D eigenvalue weighted by Crippen LogP contribution is -2.41. The molecule has 0 bridgehead atoms. The molecule has 3 rings (SSSR count). The Morgan fingerprint density at radius 2 is 1.96 bits per heavy atom. The van der Waals surface area contributed by atoms with Gasteiger partial charge in [-0.2, -0.15) is 0 Å². The largest absolute Gasteiger partial charge is 0.480 e. The van der Waals surface area contributed by atoms with Crippen LogP contribution in [0.2, 0.25) is 0 Å². The van der Waals surface area contributed by atoms with Crippen LogP contribution in [-0.4, -0.2) is 43.1 Å². The van der Waals surface area contributed by atoms with Crippen molar-refractivity contribution in [2.24, 2.45) is 11.8 Å². The number of hydrogen-bond donors (Lipinski definition) is 1. The van der Waals surface area contributed by atoms with Crippen LogP contribution in [0.25, 0.3) is 0 Å². The molecule has 2 aliphatic heterocycles. The van der Waals surface area contributed by atoms with Gasteiger partial charge in [0.15, 0.2) is 6.10 Å². The molecule has 2 saturated heterocycles. The Labute approximate surface area is 146 Å². The fraction of sp³-hybridized carbons (Fsp3) is 0.611. The second-order valence-corrected chi connectivity index (χ2v) is 7.63. The monoisotopic (exact) mass is 380 g/mol. The molecule has 5 heteroatoms. The number of ether oxygens (including phenoxy) is 1. The van der Waals surface area contributed by atoms with E-state index in [2.05, 4.69) is 21.2 Å². The molecule has 3 atom stereocenters. The quantitative estimate of drug-likeness (QED) is 0.876. The first kappa shape index (κ1) is 16.8. The summed E-state index contributed by atoms with van der Waals surface area (Å²) < 4.78 is 6.80. The highest BCUT2D eigenvalue weighted by Gasteiger charge is 2.32. The first-order chi connectivity index (χ1) is 11.0. The van der Waals surface area contributed by atoms with Crippen LogP contribution in [-0.2, 0) is 4.79 Å². The van der Waals surface area contributed by atoms with Crippen LogP contribution in [0.3, 0.4) is 0 Å². The summed E-state index contributed by atoms with van der Waals surface area (Å²) in [4.78, 5) is 14.7. The maximum Gasteiger partial charge on any atom is 0.263 e. The number of carbonyl (C=O) groups excluding carboxylic acids is 1. The van der Waals surface area contributed by atoms with Crippen LogP contribution in [0.15, 0.2) is 22.7 Å². The number of carbonyl (C=O) groups is 1. The van der Waals surface area contributed by atoms with E-state index in [1.54, 1.807) is 0 Å². The van der Waals surface area contributed by atoms with E-state index in [9.17, 15) is 4.79 Å². The Morgan fingerprint density at radius 1 is 1.30 bits per heavy atom. The maximum atomic E-state index is 12.7. The molecule has 1 unspecified atom stereocenters. The lowest BCUT2D eigenvalue weighted by atomic mass is 9.92. The van der Waals surface area contributed by atoms with E-state index in [1.165, 1.54) is 0 Å². The third kappa shape index (κ3) is 3.89. The van der Waals surface area contributed by atoms with Crippen molar-refractivity contribution < 1.29 is 9.53 Å². The minimum atomic E-state index is -0.454. The Kier molecular flexibility index (Phi) is 5.27. The van der Waals surface area contributed by atoms with Crippen LogP contribution >= 0.6 is 15.9 Å². The molecular formula is C18H25BrN2O2. The predicted octanol–water partition coefficient (Wildman–Crippen LogP) is 2.98. The number of hydrogen-bond acceptors (Lipinski definition) is 3. The van der Waals surface area contributed by atoms with Crippen molar-refractivity contribution in [3.05, 3.63) is 28.2 Å². The maximum absolute atomic E-state index is 12.7. The number of aryl methyl sites for hydroxylation is 1. The van der Waals surface area contributed by atoms with Crippen molar-refractivity contribution in [3.8, 4) is 5.75 Å². The van der Waals surface area contributed by atoms with E-state index in [0.717, 1.165) is 66.6 Å². The van der Waals surface area contributed by atoms with Crippen molar-refractivity contribution in [3.63, 3.8) is 0 Å². The third-order valence-corrected chi connectivity index (χ3v) is 5.69. The summed E-state index contributed by atoms with van der Waals surface area (Å²) in [5.74, 6) is 2.29. The zero-order valence-corrected chi connectivity index (χ0v) is 15.4. The molecular weight excluding hydrogens is 356 g/mol. The lowest BCUT2D eigenvalue weighted by Gasteiger charge is -2.25. The second-order valence-electron chi connectivity index (χ2n) is 6.77. The SMILES string of the molecule is Cc1ccc(OC(C)C(=O)N2CC[C@@H]3CNC[C@@H]3CC2)c(Br)c1. The number of likely N-dealkylation sites (tertiary alicyclic amines) is 1. The van der Waals surface area contributed by atoms with E-state index < -0.39 is 6.10 Å². The number of nitrogens with one attached hydrogen (secondary N) is 1. The fourth-order valence-electron chi connectivity index (χ4n) is 3.64. The van der Waals surface area contributed by atoms with Crippen LogP contribution in [0.5, 0.6) is 5.75 Å². The van der Waals surface area contributed by atoms with Gasteiger partial charge >= 0.3 is 0 Å². The summed E-state index contributed by atoms with van der Waals surface area (Å²) in [5, 5.41) is 3.47. The molecule has 1 aromatic carbocycles. The molecule has 126 valence electrons. The van der Waals surface area contributed by atoms with Gasteiger partial charge in [-0.1, -0.05) is 6.07 Å². The van der Waals surface area contributed by atoms with Crippen LogP contribution in [0, 0.1) is 18.8 Å². The van der Waals surface area contributed by atoms with Gasteiger partial charge in [0.25, 0.3) is 5.91 Å². The molecule has 2 heterocycles. The zero-order valence-electron chi connectivity index (χ0n) is 13.8. The fourth-order valence-corrected chi connectivity index (χ4v) is 4.22. The van der Waals surface area contributed by atoms with Gasteiger partial charge in [-0.3, -0.25) is 4.79 Å². The molecule has 2 fully saturated rings. The van der Waals surface area contributed by atoms with Gasteiger partial charge in [0, 0.05) is 13.1 Å². The number of rotatable bonds is 3. The van der Waals surface area contributed by atoms with E-state index in [1.807, 2.05) is 36.9 Å².